The van der Waals surface area contributed by atoms with E-state index in [-0.39, 0.29) is 0 Å². The number of esters is 1. The van der Waals surface area contributed by atoms with Crippen molar-refractivity contribution in [3.8, 4) is 5.69 Å². The first-order valence-electron chi connectivity index (χ1n) is 8.33. The second kappa shape index (κ2) is 7.35. The van der Waals surface area contributed by atoms with Crippen molar-refractivity contribution < 1.29 is 9.53 Å². The molecule has 0 saturated carbocycles. The number of carbonyl (C=O) groups is 1. The standard InChI is InChI=1S/C19H21N5O2/c1-5-26-19(25)16-13(2)15-17(22-12-23(3)4)20-11-21-18(15)24(16)14-9-7-6-8-10-14/h6-12H,5H2,1-4H3/b22-12-. The normalized spacial score (nSPS) is 11.2. The minimum absolute atomic E-state index is 0.298. The fourth-order valence-corrected chi connectivity index (χ4v) is 2.80. The number of hydrogen-bond donors (Lipinski definition) is 0. The number of fused-ring (bicyclic) bond motifs is 1. The van der Waals surface area contributed by atoms with Gasteiger partial charge in [-0.3, -0.25) is 4.57 Å². The largest absolute Gasteiger partial charge is 0.461 e. The fraction of sp³-hybridized carbons (Fsp3) is 0.263. The first kappa shape index (κ1) is 17.6. The molecule has 0 bridgehead atoms. The number of ether oxygens (including phenoxy) is 1. The highest BCUT2D eigenvalue weighted by Gasteiger charge is 2.25. The van der Waals surface area contributed by atoms with Crippen LogP contribution in [0, 0.1) is 6.92 Å². The molecule has 2 heterocycles. The van der Waals surface area contributed by atoms with E-state index in [2.05, 4.69) is 15.0 Å². The van der Waals surface area contributed by atoms with E-state index in [9.17, 15) is 4.79 Å². The van der Waals surface area contributed by atoms with Crippen LogP contribution in [-0.4, -0.2) is 52.4 Å². The Hall–Kier alpha value is -3.22. The SMILES string of the molecule is CCOC(=O)c1c(C)c2c(/N=C\N(C)C)ncnc2n1-c1ccccc1. The summed E-state index contributed by atoms with van der Waals surface area (Å²) in [7, 11) is 3.77. The molecule has 7 nitrogen and oxygen atoms in total. The number of aromatic nitrogens is 3. The molecule has 0 radical (unpaired) electrons. The van der Waals surface area contributed by atoms with E-state index < -0.39 is 5.97 Å². The lowest BCUT2D eigenvalue weighted by Gasteiger charge is -2.10. The topological polar surface area (TPSA) is 72.6 Å². The zero-order valence-corrected chi connectivity index (χ0v) is 15.3. The Morgan fingerprint density at radius 1 is 1.27 bits per heavy atom. The maximum Gasteiger partial charge on any atom is 0.355 e. The number of nitrogens with zero attached hydrogens (tertiary/aromatic N) is 5. The second-order valence-corrected chi connectivity index (χ2v) is 5.97. The van der Waals surface area contributed by atoms with Crippen molar-refractivity contribution in [1.82, 2.24) is 19.4 Å². The summed E-state index contributed by atoms with van der Waals surface area (Å²) < 4.78 is 7.09. The van der Waals surface area contributed by atoms with E-state index in [1.54, 1.807) is 17.8 Å². The van der Waals surface area contributed by atoms with Gasteiger partial charge in [-0.1, -0.05) is 18.2 Å². The number of carbonyl (C=O) groups excluding carboxylic acids is 1. The Morgan fingerprint density at radius 3 is 2.65 bits per heavy atom. The van der Waals surface area contributed by atoms with Crippen LogP contribution in [-0.2, 0) is 4.74 Å². The molecule has 0 fully saturated rings. The van der Waals surface area contributed by atoms with Crippen molar-refractivity contribution in [3.63, 3.8) is 0 Å². The highest BCUT2D eigenvalue weighted by molar-refractivity contribution is 6.02. The lowest BCUT2D eigenvalue weighted by Crippen LogP contribution is -2.12. The zero-order chi connectivity index (χ0) is 18.7. The Labute approximate surface area is 152 Å². The Kier molecular flexibility index (Phi) is 4.97. The fourth-order valence-electron chi connectivity index (χ4n) is 2.80. The van der Waals surface area contributed by atoms with Gasteiger partial charge in [0.25, 0.3) is 0 Å². The predicted molar refractivity (Wildman–Crippen MR) is 101 cm³/mol. The van der Waals surface area contributed by atoms with E-state index >= 15 is 0 Å². The van der Waals surface area contributed by atoms with Crippen LogP contribution in [0.3, 0.4) is 0 Å². The molecule has 0 aliphatic heterocycles. The minimum atomic E-state index is -0.394. The van der Waals surface area contributed by atoms with Gasteiger partial charge in [0, 0.05) is 19.8 Å². The molecule has 134 valence electrons. The summed E-state index contributed by atoms with van der Waals surface area (Å²) in [6.45, 7) is 3.95. The Bertz CT molecular complexity index is 961. The van der Waals surface area contributed by atoms with Crippen molar-refractivity contribution in [2.24, 2.45) is 4.99 Å². The summed E-state index contributed by atoms with van der Waals surface area (Å²) in [6, 6.07) is 9.60. The minimum Gasteiger partial charge on any atom is -0.461 e. The third-order valence-corrected chi connectivity index (χ3v) is 3.87. The average molecular weight is 351 g/mol. The summed E-state index contributed by atoms with van der Waals surface area (Å²) in [5.74, 6) is 0.121. The monoisotopic (exact) mass is 351 g/mol. The van der Waals surface area contributed by atoms with Gasteiger partial charge in [0.15, 0.2) is 11.5 Å². The van der Waals surface area contributed by atoms with Crippen molar-refractivity contribution in [1.29, 1.82) is 0 Å². The van der Waals surface area contributed by atoms with Crippen molar-refractivity contribution in [2.45, 2.75) is 13.8 Å². The predicted octanol–water partition coefficient (Wildman–Crippen LogP) is 3.13. The summed E-state index contributed by atoms with van der Waals surface area (Å²) in [4.78, 5) is 27.6. The maximum atomic E-state index is 12.7. The van der Waals surface area contributed by atoms with Crippen LogP contribution in [0.5, 0.6) is 0 Å². The van der Waals surface area contributed by atoms with Gasteiger partial charge in [-0.25, -0.2) is 19.8 Å². The molecule has 2 aromatic heterocycles. The molecule has 0 saturated heterocycles. The van der Waals surface area contributed by atoms with E-state index in [0.717, 1.165) is 16.6 Å². The van der Waals surface area contributed by atoms with Gasteiger partial charge in [0.05, 0.1) is 18.3 Å². The van der Waals surface area contributed by atoms with E-state index in [1.807, 2.05) is 56.3 Å². The molecule has 7 heteroatoms. The first-order valence-corrected chi connectivity index (χ1v) is 8.33. The summed E-state index contributed by atoms with van der Waals surface area (Å²) >= 11 is 0. The third-order valence-electron chi connectivity index (χ3n) is 3.87. The number of aryl methyl sites for hydroxylation is 1. The zero-order valence-electron chi connectivity index (χ0n) is 15.3. The molecule has 0 spiro atoms. The molecule has 1 aromatic carbocycles. The molecular weight excluding hydrogens is 330 g/mol. The summed E-state index contributed by atoms with van der Waals surface area (Å²) in [6.07, 6.45) is 3.13. The van der Waals surface area contributed by atoms with Crippen LogP contribution in [0.4, 0.5) is 5.82 Å². The van der Waals surface area contributed by atoms with Crippen LogP contribution in [0.15, 0.2) is 41.7 Å². The van der Waals surface area contributed by atoms with E-state index in [4.69, 9.17) is 4.74 Å². The summed E-state index contributed by atoms with van der Waals surface area (Å²) in [5, 5.41) is 0.734. The van der Waals surface area contributed by atoms with Gasteiger partial charge < -0.3 is 9.64 Å². The number of hydrogen-bond acceptors (Lipinski definition) is 5. The molecule has 0 atom stereocenters. The molecule has 0 aliphatic rings. The molecular formula is C19H21N5O2. The smallest absolute Gasteiger partial charge is 0.355 e. The average Bonchev–Trinajstić information content (AvgIpc) is 2.94. The number of benzene rings is 1. The van der Waals surface area contributed by atoms with Gasteiger partial charge in [-0.05, 0) is 31.5 Å². The Balaban J connectivity index is 2.35. The van der Waals surface area contributed by atoms with Gasteiger partial charge in [-0.15, -0.1) is 0 Å². The molecule has 0 unspecified atom stereocenters. The first-order chi connectivity index (χ1) is 12.5. The maximum absolute atomic E-state index is 12.7. The van der Waals surface area contributed by atoms with E-state index in [1.165, 1.54) is 6.33 Å². The number of para-hydroxylation sites is 1. The number of rotatable bonds is 5. The van der Waals surface area contributed by atoms with E-state index in [0.29, 0.717) is 23.8 Å². The van der Waals surface area contributed by atoms with Crippen molar-refractivity contribution in [2.75, 3.05) is 20.7 Å². The molecule has 26 heavy (non-hydrogen) atoms. The molecule has 3 aromatic rings. The van der Waals surface area contributed by atoms with Crippen LogP contribution in [0.2, 0.25) is 0 Å². The van der Waals surface area contributed by atoms with Gasteiger partial charge in [-0.2, -0.15) is 0 Å². The van der Waals surface area contributed by atoms with Gasteiger partial charge >= 0.3 is 5.97 Å². The quantitative estimate of drug-likeness (QED) is 0.401. The van der Waals surface area contributed by atoms with Gasteiger partial charge in [0.2, 0.25) is 0 Å². The lowest BCUT2D eigenvalue weighted by atomic mass is 10.2. The van der Waals surface area contributed by atoms with Gasteiger partial charge in [0.1, 0.15) is 12.0 Å². The summed E-state index contributed by atoms with van der Waals surface area (Å²) in [5.41, 5.74) is 2.64. The van der Waals surface area contributed by atoms with Crippen LogP contribution >= 0.6 is 0 Å². The lowest BCUT2D eigenvalue weighted by molar-refractivity contribution is 0.0516. The molecule has 0 aliphatic carbocycles. The Morgan fingerprint density at radius 2 is 2.00 bits per heavy atom. The van der Waals surface area contributed by atoms with Crippen LogP contribution < -0.4 is 0 Å². The second-order valence-electron chi connectivity index (χ2n) is 5.97. The van der Waals surface area contributed by atoms with Crippen molar-refractivity contribution in [3.05, 3.63) is 47.9 Å². The van der Waals surface area contributed by atoms with Crippen molar-refractivity contribution >= 4 is 29.2 Å². The highest BCUT2D eigenvalue weighted by atomic mass is 16.5. The van der Waals surface area contributed by atoms with Crippen LogP contribution in [0.1, 0.15) is 23.0 Å². The van der Waals surface area contributed by atoms with Crippen LogP contribution in [0.25, 0.3) is 16.7 Å². The highest BCUT2D eigenvalue weighted by Crippen LogP contribution is 2.33. The molecule has 0 amide bonds. The third kappa shape index (κ3) is 3.15. The molecule has 3 rings (SSSR count). The molecule has 0 N–H and O–H groups in total. The number of aliphatic imine (C=N–C) groups is 1.